The molecular formula is C21H24ClNO4. The quantitative estimate of drug-likeness (QED) is 0.730. The van der Waals surface area contributed by atoms with E-state index < -0.39 is 6.10 Å². The van der Waals surface area contributed by atoms with Gasteiger partial charge >= 0.3 is 0 Å². The zero-order chi connectivity index (χ0) is 19.4. The lowest BCUT2D eigenvalue weighted by Gasteiger charge is -2.29. The van der Waals surface area contributed by atoms with Crippen molar-refractivity contribution in [1.82, 2.24) is 4.90 Å². The van der Waals surface area contributed by atoms with Gasteiger partial charge in [0.25, 0.3) is 5.91 Å². The normalized spacial score (nSPS) is 17.5. The van der Waals surface area contributed by atoms with Crippen molar-refractivity contribution in [3.63, 3.8) is 0 Å². The number of likely N-dealkylation sites (tertiary alicyclic amines) is 1. The summed E-state index contributed by atoms with van der Waals surface area (Å²) in [5.74, 6) is 2.03. The largest absolute Gasteiger partial charge is 0.497 e. The third-order valence-corrected chi connectivity index (χ3v) is 5.02. The van der Waals surface area contributed by atoms with E-state index in [0.29, 0.717) is 17.3 Å². The molecule has 0 aromatic heterocycles. The van der Waals surface area contributed by atoms with Gasteiger partial charge in [-0.05, 0) is 56.2 Å². The molecule has 1 fully saturated rings. The standard InChI is InChI=1S/C21H24ClNO4/c1-14(27-17-7-4-6-15(22)12-17)21(24)23-11-5-8-19(23)18-13-16(25-2)9-10-20(18)26-3/h4,6-7,9-10,12-14,19H,5,8,11H2,1-3H3. The number of benzene rings is 2. The molecule has 2 unspecified atom stereocenters. The number of nitrogens with zero attached hydrogens (tertiary/aromatic N) is 1. The van der Waals surface area contributed by atoms with Crippen LogP contribution in [-0.2, 0) is 4.79 Å². The molecule has 0 radical (unpaired) electrons. The molecule has 2 aromatic carbocycles. The highest BCUT2D eigenvalue weighted by Gasteiger charge is 2.35. The van der Waals surface area contributed by atoms with Gasteiger partial charge in [-0.3, -0.25) is 4.79 Å². The second kappa shape index (κ2) is 8.53. The number of halogens is 1. The SMILES string of the molecule is COc1ccc(OC)c(C2CCCN2C(=O)C(C)Oc2cccc(Cl)c2)c1. The van der Waals surface area contributed by atoms with Crippen LogP contribution in [0.4, 0.5) is 0 Å². The molecule has 27 heavy (non-hydrogen) atoms. The first kappa shape index (κ1) is 19.4. The molecule has 0 N–H and O–H groups in total. The summed E-state index contributed by atoms with van der Waals surface area (Å²) in [5.41, 5.74) is 0.956. The van der Waals surface area contributed by atoms with Crippen LogP contribution in [0.5, 0.6) is 17.2 Å². The summed E-state index contributed by atoms with van der Waals surface area (Å²) in [4.78, 5) is 14.9. The zero-order valence-electron chi connectivity index (χ0n) is 15.8. The van der Waals surface area contributed by atoms with Crippen molar-refractivity contribution in [1.29, 1.82) is 0 Å². The van der Waals surface area contributed by atoms with E-state index in [9.17, 15) is 4.79 Å². The molecule has 0 bridgehead atoms. The van der Waals surface area contributed by atoms with Crippen LogP contribution < -0.4 is 14.2 Å². The Labute approximate surface area is 164 Å². The van der Waals surface area contributed by atoms with E-state index in [4.69, 9.17) is 25.8 Å². The lowest BCUT2D eigenvalue weighted by molar-refractivity contribution is -0.139. The molecule has 1 amide bonds. The molecular weight excluding hydrogens is 366 g/mol. The van der Waals surface area contributed by atoms with Crippen LogP contribution in [0.1, 0.15) is 31.4 Å². The Morgan fingerprint density at radius 1 is 1.15 bits per heavy atom. The Morgan fingerprint density at radius 2 is 1.96 bits per heavy atom. The molecule has 5 nitrogen and oxygen atoms in total. The van der Waals surface area contributed by atoms with Gasteiger partial charge in [-0.25, -0.2) is 0 Å². The maximum absolute atomic E-state index is 13.1. The van der Waals surface area contributed by atoms with E-state index in [1.165, 1.54) is 0 Å². The Kier molecular flexibility index (Phi) is 6.11. The first-order valence-electron chi connectivity index (χ1n) is 8.98. The first-order chi connectivity index (χ1) is 13.0. The summed E-state index contributed by atoms with van der Waals surface area (Å²) in [5, 5.41) is 0.576. The van der Waals surface area contributed by atoms with Crippen LogP contribution >= 0.6 is 11.6 Å². The van der Waals surface area contributed by atoms with E-state index >= 15 is 0 Å². The van der Waals surface area contributed by atoms with Crippen molar-refractivity contribution in [2.45, 2.75) is 31.9 Å². The highest BCUT2D eigenvalue weighted by atomic mass is 35.5. The topological polar surface area (TPSA) is 48.0 Å². The van der Waals surface area contributed by atoms with E-state index in [2.05, 4.69) is 0 Å². The zero-order valence-corrected chi connectivity index (χ0v) is 16.5. The maximum atomic E-state index is 13.1. The molecule has 3 rings (SSSR count). The number of amides is 1. The van der Waals surface area contributed by atoms with Crippen molar-refractivity contribution in [3.8, 4) is 17.2 Å². The van der Waals surface area contributed by atoms with Crippen LogP contribution in [0.3, 0.4) is 0 Å². The Balaban J connectivity index is 1.80. The fourth-order valence-electron chi connectivity index (χ4n) is 3.48. The highest BCUT2D eigenvalue weighted by Crippen LogP contribution is 2.39. The van der Waals surface area contributed by atoms with Gasteiger partial charge in [-0.15, -0.1) is 0 Å². The van der Waals surface area contributed by atoms with E-state index in [-0.39, 0.29) is 11.9 Å². The van der Waals surface area contributed by atoms with Gasteiger partial charge in [0.05, 0.1) is 20.3 Å². The Hall–Kier alpha value is -2.40. The van der Waals surface area contributed by atoms with Gasteiger partial charge in [0.1, 0.15) is 17.2 Å². The lowest BCUT2D eigenvalue weighted by Crippen LogP contribution is -2.40. The fraction of sp³-hybridized carbons (Fsp3) is 0.381. The molecule has 2 aromatic rings. The number of hydrogen-bond donors (Lipinski definition) is 0. The van der Waals surface area contributed by atoms with Gasteiger partial charge < -0.3 is 19.1 Å². The fourth-order valence-corrected chi connectivity index (χ4v) is 3.66. The minimum absolute atomic E-state index is 0.0534. The van der Waals surface area contributed by atoms with E-state index in [1.807, 2.05) is 23.1 Å². The average molecular weight is 390 g/mol. The van der Waals surface area contributed by atoms with Crippen LogP contribution in [0.15, 0.2) is 42.5 Å². The first-order valence-corrected chi connectivity index (χ1v) is 9.36. The van der Waals surface area contributed by atoms with Crippen LogP contribution in [0, 0.1) is 0 Å². The minimum Gasteiger partial charge on any atom is -0.497 e. The molecule has 0 spiro atoms. The molecule has 0 saturated carbocycles. The van der Waals surface area contributed by atoms with Crippen LogP contribution in [-0.4, -0.2) is 37.7 Å². The monoisotopic (exact) mass is 389 g/mol. The summed E-state index contributed by atoms with van der Waals surface area (Å²) in [6.45, 7) is 2.45. The van der Waals surface area contributed by atoms with Crippen molar-refractivity contribution in [2.75, 3.05) is 20.8 Å². The molecule has 144 valence electrons. The third-order valence-electron chi connectivity index (χ3n) is 4.79. The summed E-state index contributed by atoms with van der Waals surface area (Å²) in [6, 6.07) is 12.7. The third kappa shape index (κ3) is 4.30. The van der Waals surface area contributed by atoms with Crippen molar-refractivity contribution < 1.29 is 19.0 Å². The lowest BCUT2D eigenvalue weighted by atomic mass is 10.0. The maximum Gasteiger partial charge on any atom is 0.263 e. The summed E-state index contributed by atoms with van der Waals surface area (Å²) in [7, 11) is 3.27. The number of methoxy groups -OCH3 is 2. The van der Waals surface area contributed by atoms with Gasteiger partial charge in [-0.2, -0.15) is 0 Å². The molecule has 1 saturated heterocycles. The van der Waals surface area contributed by atoms with Crippen molar-refractivity contribution in [2.24, 2.45) is 0 Å². The minimum atomic E-state index is -0.610. The number of hydrogen-bond acceptors (Lipinski definition) is 4. The summed E-state index contributed by atoms with van der Waals surface area (Å²) in [6.07, 6.45) is 1.19. The van der Waals surface area contributed by atoms with E-state index in [0.717, 1.165) is 29.9 Å². The molecule has 2 atom stereocenters. The summed E-state index contributed by atoms with van der Waals surface area (Å²) >= 11 is 6.00. The number of carbonyl (C=O) groups excluding carboxylic acids is 1. The average Bonchev–Trinajstić information content (AvgIpc) is 3.16. The number of ether oxygens (including phenoxy) is 3. The van der Waals surface area contributed by atoms with Crippen LogP contribution in [0.25, 0.3) is 0 Å². The summed E-state index contributed by atoms with van der Waals surface area (Å²) < 4.78 is 16.7. The molecule has 6 heteroatoms. The Bertz CT molecular complexity index is 811. The highest BCUT2D eigenvalue weighted by molar-refractivity contribution is 6.30. The van der Waals surface area contributed by atoms with Crippen molar-refractivity contribution >= 4 is 17.5 Å². The second-order valence-electron chi connectivity index (χ2n) is 6.51. The van der Waals surface area contributed by atoms with Gasteiger partial charge in [0.15, 0.2) is 6.10 Å². The molecule has 1 heterocycles. The molecule has 1 aliphatic heterocycles. The smallest absolute Gasteiger partial charge is 0.263 e. The van der Waals surface area contributed by atoms with Gasteiger partial charge in [0.2, 0.25) is 0 Å². The van der Waals surface area contributed by atoms with E-state index in [1.54, 1.807) is 45.4 Å². The van der Waals surface area contributed by atoms with Crippen molar-refractivity contribution in [3.05, 3.63) is 53.1 Å². The predicted octanol–water partition coefficient (Wildman–Crippen LogP) is 4.49. The Morgan fingerprint density at radius 3 is 2.67 bits per heavy atom. The molecule has 0 aliphatic carbocycles. The molecule has 1 aliphatic rings. The predicted molar refractivity (Wildman–Crippen MR) is 105 cm³/mol. The van der Waals surface area contributed by atoms with Crippen LogP contribution in [0.2, 0.25) is 5.02 Å². The number of carbonyl (C=O) groups is 1. The van der Waals surface area contributed by atoms with Gasteiger partial charge in [-0.1, -0.05) is 17.7 Å². The second-order valence-corrected chi connectivity index (χ2v) is 6.95. The van der Waals surface area contributed by atoms with Gasteiger partial charge in [0, 0.05) is 17.1 Å². The number of rotatable bonds is 6.